The topological polar surface area (TPSA) is 72.8 Å². The summed E-state index contributed by atoms with van der Waals surface area (Å²) < 4.78 is 5.44. The maximum absolute atomic E-state index is 13.6. The van der Waals surface area contributed by atoms with E-state index in [1.54, 1.807) is 17.2 Å². The molecule has 0 spiro atoms. The van der Waals surface area contributed by atoms with Crippen LogP contribution in [0, 0.1) is 0 Å². The van der Waals surface area contributed by atoms with Gasteiger partial charge in [0.25, 0.3) is 0 Å². The van der Waals surface area contributed by atoms with Crippen molar-refractivity contribution in [1.82, 2.24) is 14.8 Å². The highest BCUT2D eigenvalue weighted by atomic mass is 16.3. The first kappa shape index (κ1) is 25.1. The van der Waals surface area contributed by atoms with E-state index in [1.165, 1.54) is 10.9 Å². The molecule has 0 atom stereocenters. The number of anilines is 1. The van der Waals surface area contributed by atoms with Crippen LogP contribution in [0.3, 0.4) is 0 Å². The van der Waals surface area contributed by atoms with Crippen LogP contribution in [-0.4, -0.2) is 53.8 Å². The number of aromatic nitrogens is 1. The summed E-state index contributed by atoms with van der Waals surface area (Å²) in [4.78, 5) is 35.0. The van der Waals surface area contributed by atoms with E-state index in [0.29, 0.717) is 31.7 Å². The number of amides is 2. The molecular weight excluding hydrogens is 452 g/mol. The van der Waals surface area contributed by atoms with Crippen LogP contribution < -0.4 is 4.90 Å². The lowest BCUT2D eigenvalue weighted by Gasteiger charge is -2.27. The number of furan rings is 1. The van der Waals surface area contributed by atoms with Gasteiger partial charge < -0.3 is 24.1 Å². The van der Waals surface area contributed by atoms with Crippen molar-refractivity contribution in [3.8, 4) is 0 Å². The van der Waals surface area contributed by atoms with Gasteiger partial charge in [0.15, 0.2) is 0 Å². The summed E-state index contributed by atoms with van der Waals surface area (Å²) in [6, 6.07) is 20.0. The van der Waals surface area contributed by atoms with E-state index in [2.05, 4.69) is 41.4 Å². The maximum Gasteiger partial charge on any atom is 0.242 e. The van der Waals surface area contributed by atoms with Crippen molar-refractivity contribution in [1.29, 1.82) is 0 Å². The number of hydrogen-bond donors (Lipinski definition) is 1. The van der Waals surface area contributed by atoms with Gasteiger partial charge >= 0.3 is 0 Å². The SMILES string of the molecule is CCC(=O)N(CC(=O)N(CCc1c[nH]c2ccccc12)Cc1ccc(N(C)C)cc1)Cc1ccco1. The second-order valence-corrected chi connectivity index (χ2v) is 9.17. The summed E-state index contributed by atoms with van der Waals surface area (Å²) in [6.07, 6.45) is 4.64. The molecule has 7 nitrogen and oxygen atoms in total. The fraction of sp³-hybridized carbons (Fsp3) is 0.310. The van der Waals surface area contributed by atoms with Crippen LogP contribution in [0.25, 0.3) is 10.9 Å². The monoisotopic (exact) mass is 486 g/mol. The molecule has 0 unspecified atom stereocenters. The summed E-state index contributed by atoms with van der Waals surface area (Å²) >= 11 is 0. The van der Waals surface area contributed by atoms with Gasteiger partial charge in [-0.25, -0.2) is 0 Å². The van der Waals surface area contributed by atoms with Gasteiger partial charge in [-0.15, -0.1) is 0 Å². The van der Waals surface area contributed by atoms with Gasteiger partial charge in [-0.1, -0.05) is 37.3 Å². The minimum absolute atomic E-state index is 0.0110. The molecule has 0 saturated carbocycles. The lowest BCUT2D eigenvalue weighted by molar-refractivity contribution is -0.141. The lowest BCUT2D eigenvalue weighted by atomic mass is 10.1. The number of carbonyl (C=O) groups excluding carboxylic acids is 2. The zero-order valence-electron chi connectivity index (χ0n) is 21.2. The minimum atomic E-state index is -0.0834. The molecule has 36 heavy (non-hydrogen) atoms. The Hall–Kier alpha value is -4.00. The predicted molar refractivity (Wildman–Crippen MR) is 143 cm³/mol. The third-order valence-electron chi connectivity index (χ3n) is 6.41. The zero-order valence-corrected chi connectivity index (χ0v) is 21.2. The van der Waals surface area contributed by atoms with Crippen molar-refractivity contribution in [2.24, 2.45) is 0 Å². The van der Waals surface area contributed by atoms with E-state index in [-0.39, 0.29) is 24.9 Å². The molecule has 2 heterocycles. The number of H-pyrrole nitrogens is 1. The number of para-hydroxylation sites is 1. The Bertz CT molecular complexity index is 1280. The molecule has 0 bridgehead atoms. The van der Waals surface area contributed by atoms with Crippen molar-refractivity contribution < 1.29 is 14.0 Å². The zero-order chi connectivity index (χ0) is 25.5. The van der Waals surface area contributed by atoms with Crippen LogP contribution in [0.15, 0.2) is 77.5 Å². The molecule has 7 heteroatoms. The molecule has 4 rings (SSSR count). The molecule has 0 aliphatic rings. The predicted octanol–water partition coefficient (Wildman–Crippen LogP) is 4.84. The lowest BCUT2D eigenvalue weighted by Crippen LogP contribution is -2.42. The van der Waals surface area contributed by atoms with E-state index in [0.717, 1.165) is 16.8 Å². The summed E-state index contributed by atoms with van der Waals surface area (Å²) in [5, 5.41) is 1.17. The number of nitrogens with zero attached hydrogens (tertiary/aromatic N) is 3. The first-order chi connectivity index (χ1) is 17.4. The Morgan fingerprint density at radius 2 is 1.67 bits per heavy atom. The highest BCUT2D eigenvalue weighted by molar-refractivity contribution is 5.85. The van der Waals surface area contributed by atoms with Crippen LogP contribution in [0.4, 0.5) is 5.69 Å². The van der Waals surface area contributed by atoms with Gasteiger partial charge in [0.05, 0.1) is 12.8 Å². The van der Waals surface area contributed by atoms with Gasteiger partial charge in [0.2, 0.25) is 11.8 Å². The fourth-order valence-electron chi connectivity index (χ4n) is 4.32. The highest BCUT2D eigenvalue weighted by Crippen LogP contribution is 2.20. The van der Waals surface area contributed by atoms with E-state index in [4.69, 9.17) is 4.42 Å². The molecule has 0 saturated heterocycles. The second-order valence-electron chi connectivity index (χ2n) is 9.17. The molecule has 0 fully saturated rings. The standard InChI is InChI=1S/C29H34N4O3/c1-4-28(34)33(20-25-8-7-17-36-25)21-29(35)32(19-22-11-13-24(14-12-22)31(2)3)16-15-23-18-30-27-10-6-5-9-26(23)27/h5-14,17-18,30H,4,15-16,19-21H2,1-3H3. The van der Waals surface area contributed by atoms with E-state index < -0.39 is 0 Å². The average Bonchev–Trinajstić information content (AvgIpc) is 3.56. The molecule has 2 aromatic carbocycles. The van der Waals surface area contributed by atoms with Crippen molar-refractivity contribution in [2.75, 3.05) is 32.1 Å². The third-order valence-corrected chi connectivity index (χ3v) is 6.41. The number of carbonyl (C=O) groups is 2. The molecule has 1 N–H and O–H groups in total. The number of benzene rings is 2. The summed E-state index contributed by atoms with van der Waals surface area (Å²) in [5.41, 5.74) is 4.41. The molecule has 2 aromatic heterocycles. The second kappa shape index (κ2) is 11.6. The first-order valence-corrected chi connectivity index (χ1v) is 12.3. The van der Waals surface area contributed by atoms with Crippen LogP contribution >= 0.6 is 0 Å². The summed E-state index contributed by atoms with van der Waals surface area (Å²) in [5.74, 6) is 0.501. The minimum Gasteiger partial charge on any atom is -0.467 e. The summed E-state index contributed by atoms with van der Waals surface area (Å²) in [7, 11) is 4.01. The van der Waals surface area contributed by atoms with Crippen LogP contribution in [-0.2, 0) is 29.1 Å². The van der Waals surface area contributed by atoms with Gasteiger partial charge in [-0.05, 0) is 47.9 Å². The largest absolute Gasteiger partial charge is 0.467 e. The highest BCUT2D eigenvalue weighted by Gasteiger charge is 2.22. The number of rotatable bonds is 11. The number of fused-ring (bicyclic) bond motifs is 1. The van der Waals surface area contributed by atoms with Crippen molar-refractivity contribution >= 4 is 28.4 Å². The molecule has 0 aliphatic heterocycles. The van der Waals surface area contributed by atoms with Crippen LogP contribution in [0.1, 0.15) is 30.2 Å². The molecule has 0 radical (unpaired) electrons. The number of nitrogens with one attached hydrogen (secondary N) is 1. The Morgan fingerprint density at radius 1 is 0.889 bits per heavy atom. The van der Waals surface area contributed by atoms with Gasteiger partial charge in [-0.2, -0.15) is 0 Å². The third kappa shape index (κ3) is 6.16. The normalized spacial score (nSPS) is 11.0. The average molecular weight is 487 g/mol. The molecule has 4 aromatic rings. The summed E-state index contributed by atoms with van der Waals surface area (Å²) in [6.45, 7) is 3.12. The molecule has 188 valence electrons. The number of aromatic amines is 1. The van der Waals surface area contributed by atoms with Crippen LogP contribution in [0.5, 0.6) is 0 Å². The van der Waals surface area contributed by atoms with Gasteiger partial charge in [0, 0.05) is 56.4 Å². The van der Waals surface area contributed by atoms with Crippen molar-refractivity contribution in [2.45, 2.75) is 32.9 Å². The molecular formula is C29H34N4O3. The van der Waals surface area contributed by atoms with Crippen molar-refractivity contribution in [3.05, 3.63) is 90.0 Å². The smallest absolute Gasteiger partial charge is 0.242 e. The van der Waals surface area contributed by atoms with E-state index in [1.807, 2.05) is 55.2 Å². The molecule has 2 amide bonds. The van der Waals surface area contributed by atoms with Gasteiger partial charge in [0.1, 0.15) is 12.3 Å². The Morgan fingerprint density at radius 3 is 2.36 bits per heavy atom. The maximum atomic E-state index is 13.6. The van der Waals surface area contributed by atoms with E-state index in [9.17, 15) is 9.59 Å². The van der Waals surface area contributed by atoms with Crippen LogP contribution in [0.2, 0.25) is 0 Å². The quantitative estimate of drug-likeness (QED) is 0.329. The van der Waals surface area contributed by atoms with E-state index >= 15 is 0 Å². The van der Waals surface area contributed by atoms with Gasteiger partial charge in [-0.3, -0.25) is 9.59 Å². The Balaban J connectivity index is 1.53. The Kier molecular flexibility index (Phi) is 8.10. The Labute approximate surface area is 212 Å². The molecule has 0 aliphatic carbocycles. The fourth-order valence-corrected chi connectivity index (χ4v) is 4.32. The van der Waals surface area contributed by atoms with Crippen molar-refractivity contribution in [3.63, 3.8) is 0 Å². The number of hydrogen-bond acceptors (Lipinski definition) is 4. The first-order valence-electron chi connectivity index (χ1n) is 12.3.